The highest BCUT2D eigenvalue weighted by atomic mass is 16.6. The Balaban J connectivity index is 2.82. The molecule has 1 amide bonds. The number of carboxylic acid groups (broad SMARTS) is 1. The SMILES string of the molecule is COC(=O)c1cccc(CC(NC(=O)OC(C)(C)C)C(=O)O)c1. The van der Waals surface area contributed by atoms with Crippen LogP contribution in [-0.4, -0.2) is 41.9 Å². The lowest BCUT2D eigenvalue weighted by Gasteiger charge is -2.22. The number of carbonyl (C=O) groups excluding carboxylic acids is 2. The minimum atomic E-state index is -1.20. The molecular weight excluding hydrogens is 302 g/mol. The Bertz CT molecular complexity index is 590. The monoisotopic (exact) mass is 323 g/mol. The number of nitrogens with one attached hydrogen (secondary N) is 1. The Kier molecular flexibility index (Phi) is 6.12. The second-order valence-corrected chi connectivity index (χ2v) is 5.93. The van der Waals surface area contributed by atoms with Crippen LogP contribution in [0.2, 0.25) is 0 Å². The van der Waals surface area contributed by atoms with Crippen LogP contribution in [-0.2, 0) is 20.7 Å². The number of alkyl carbamates (subject to hydrolysis) is 1. The number of carbonyl (C=O) groups is 3. The molecule has 0 saturated heterocycles. The van der Waals surface area contributed by atoms with Gasteiger partial charge in [-0.25, -0.2) is 14.4 Å². The lowest BCUT2D eigenvalue weighted by Crippen LogP contribution is -2.44. The molecule has 1 rings (SSSR count). The maximum absolute atomic E-state index is 11.7. The summed E-state index contributed by atoms with van der Waals surface area (Å²) in [4.78, 5) is 34.5. The Morgan fingerprint density at radius 3 is 2.43 bits per heavy atom. The third-order valence-electron chi connectivity index (χ3n) is 2.78. The van der Waals surface area contributed by atoms with Gasteiger partial charge >= 0.3 is 18.0 Å². The van der Waals surface area contributed by atoms with E-state index in [1.807, 2.05) is 0 Å². The molecule has 7 heteroatoms. The molecule has 0 bridgehead atoms. The van der Waals surface area contributed by atoms with E-state index in [0.717, 1.165) is 0 Å². The van der Waals surface area contributed by atoms with Gasteiger partial charge in [-0.2, -0.15) is 0 Å². The molecule has 23 heavy (non-hydrogen) atoms. The average molecular weight is 323 g/mol. The number of carboxylic acids is 1. The van der Waals surface area contributed by atoms with Gasteiger partial charge in [0.1, 0.15) is 11.6 Å². The van der Waals surface area contributed by atoms with E-state index in [4.69, 9.17) is 4.74 Å². The van der Waals surface area contributed by atoms with Crippen LogP contribution < -0.4 is 5.32 Å². The lowest BCUT2D eigenvalue weighted by molar-refractivity contribution is -0.139. The number of aliphatic carboxylic acids is 1. The second-order valence-electron chi connectivity index (χ2n) is 5.93. The van der Waals surface area contributed by atoms with Crippen molar-refractivity contribution in [2.45, 2.75) is 38.8 Å². The molecule has 126 valence electrons. The van der Waals surface area contributed by atoms with E-state index in [-0.39, 0.29) is 6.42 Å². The van der Waals surface area contributed by atoms with Crippen molar-refractivity contribution >= 4 is 18.0 Å². The average Bonchev–Trinajstić information content (AvgIpc) is 2.44. The first-order valence-electron chi connectivity index (χ1n) is 7.02. The quantitative estimate of drug-likeness (QED) is 0.804. The van der Waals surface area contributed by atoms with Crippen LogP contribution in [0.5, 0.6) is 0 Å². The van der Waals surface area contributed by atoms with Crippen LogP contribution in [0.15, 0.2) is 24.3 Å². The van der Waals surface area contributed by atoms with Gasteiger partial charge in [0.25, 0.3) is 0 Å². The van der Waals surface area contributed by atoms with Crippen LogP contribution in [0, 0.1) is 0 Å². The first kappa shape index (κ1) is 18.5. The van der Waals surface area contributed by atoms with Crippen molar-refractivity contribution in [3.05, 3.63) is 35.4 Å². The van der Waals surface area contributed by atoms with E-state index in [1.54, 1.807) is 39.0 Å². The van der Waals surface area contributed by atoms with Gasteiger partial charge in [-0.15, -0.1) is 0 Å². The summed E-state index contributed by atoms with van der Waals surface area (Å²) < 4.78 is 9.67. The number of esters is 1. The summed E-state index contributed by atoms with van der Waals surface area (Å²) in [7, 11) is 1.26. The molecule has 1 aromatic carbocycles. The zero-order valence-electron chi connectivity index (χ0n) is 13.6. The normalized spacial score (nSPS) is 12.2. The van der Waals surface area contributed by atoms with E-state index in [0.29, 0.717) is 11.1 Å². The fourth-order valence-corrected chi connectivity index (χ4v) is 1.83. The van der Waals surface area contributed by atoms with Gasteiger partial charge in [0.15, 0.2) is 0 Å². The molecular formula is C16H21NO6. The highest BCUT2D eigenvalue weighted by Crippen LogP contribution is 2.11. The molecule has 2 N–H and O–H groups in total. The van der Waals surface area contributed by atoms with Gasteiger partial charge in [-0.05, 0) is 38.5 Å². The maximum atomic E-state index is 11.7. The van der Waals surface area contributed by atoms with Crippen molar-refractivity contribution in [1.82, 2.24) is 5.32 Å². The van der Waals surface area contributed by atoms with Gasteiger partial charge in [0, 0.05) is 6.42 Å². The van der Waals surface area contributed by atoms with E-state index in [1.165, 1.54) is 13.2 Å². The fourth-order valence-electron chi connectivity index (χ4n) is 1.83. The molecule has 0 radical (unpaired) electrons. The number of amides is 1. The van der Waals surface area contributed by atoms with Crippen molar-refractivity contribution in [3.63, 3.8) is 0 Å². The fraction of sp³-hybridized carbons (Fsp3) is 0.438. The van der Waals surface area contributed by atoms with Crippen LogP contribution in [0.3, 0.4) is 0 Å². The molecule has 1 atom stereocenters. The van der Waals surface area contributed by atoms with Crippen LogP contribution >= 0.6 is 0 Å². The van der Waals surface area contributed by atoms with Crippen molar-refractivity contribution in [2.75, 3.05) is 7.11 Å². The van der Waals surface area contributed by atoms with E-state index in [9.17, 15) is 19.5 Å². The summed E-state index contributed by atoms with van der Waals surface area (Å²) in [6.45, 7) is 5.05. The van der Waals surface area contributed by atoms with Gasteiger partial charge in [0.05, 0.1) is 12.7 Å². The summed E-state index contributed by atoms with van der Waals surface area (Å²) in [6.07, 6.45) is -0.798. The molecule has 7 nitrogen and oxygen atoms in total. The molecule has 0 aliphatic heterocycles. The number of benzene rings is 1. The molecule has 0 fully saturated rings. The Labute approximate surface area is 134 Å². The van der Waals surface area contributed by atoms with Crippen molar-refractivity contribution in [2.24, 2.45) is 0 Å². The zero-order chi connectivity index (χ0) is 17.6. The number of hydrogen-bond donors (Lipinski definition) is 2. The first-order valence-corrected chi connectivity index (χ1v) is 7.02. The van der Waals surface area contributed by atoms with Crippen molar-refractivity contribution in [1.29, 1.82) is 0 Å². The Morgan fingerprint density at radius 2 is 1.91 bits per heavy atom. The smallest absolute Gasteiger partial charge is 0.408 e. The standard InChI is InChI=1S/C16H21NO6/c1-16(2,3)23-15(21)17-12(13(18)19)9-10-6-5-7-11(8-10)14(20)22-4/h5-8,12H,9H2,1-4H3,(H,17,21)(H,18,19). The molecule has 0 spiro atoms. The number of rotatable bonds is 5. The predicted octanol–water partition coefficient (Wildman–Crippen LogP) is 1.99. The summed E-state index contributed by atoms with van der Waals surface area (Å²) >= 11 is 0. The molecule has 0 aliphatic rings. The summed E-state index contributed by atoms with van der Waals surface area (Å²) in [5.74, 6) is -1.71. The molecule has 0 aliphatic carbocycles. The Hall–Kier alpha value is -2.57. The third kappa shape index (κ3) is 6.37. The number of methoxy groups -OCH3 is 1. The van der Waals surface area contributed by atoms with Crippen LogP contribution in [0.4, 0.5) is 4.79 Å². The Morgan fingerprint density at radius 1 is 1.26 bits per heavy atom. The van der Waals surface area contributed by atoms with Crippen molar-refractivity contribution in [3.8, 4) is 0 Å². The molecule has 1 unspecified atom stereocenters. The van der Waals surface area contributed by atoms with Crippen molar-refractivity contribution < 1.29 is 29.0 Å². The largest absolute Gasteiger partial charge is 0.480 e. The summed E-state index contributed by atoms with van der Waals surface area (Å²) in [5, 5.41) is 11.6. The van der Waals surface area contributed by atoms with Gasteiger partial charge < -0.3 is 19.9 Å². The van der Waals surface area contributed by atoms with Gasteiger partial charge in [-0.1, -0.05) is 12.1 Å². The van der Waals surface area contributed by atoms with E-state index in [2.05, 4.69) is 10.1 Å². The summed E-state index contributed by atoms with van der Waals surface area (Å²) in [5.41, 5.74) is 0.167. The highest BCUT2D eigenvalue weighted by molar-refractivity contribution is 5.89. The summed E-state index contributed by atoms with van der Waals surface area (Å²) in [6, 6.07) is 5.20. The van der Waals surface area contributed by atoms with E-state index < -0.39 is 29.7 Å². The first-order chi connectivity index (χ1) is 10.6. The number of ether oxygens (including phenoxy) is 2. The number of hydrogen-bond acceptors (Lipinski definition) is 5. The molecule has 1 aromatic rings. The lowest BCUT2D eigenvalue weighted by atomic mass is 10.0. The van der Waals surface area contributed by atoms with Crippen LogP contribution in [0.1, 0.15) is 36.7 Å². The minimum absolute atomic E-state index is 0.0133. The molecule has 0 saturated carbocycles. The maximum Gasteiger partial charge on any atom is 0.408 e. The zero-order valence-corrected chi connectivity index (χ0v) is 13.6. The topological polar surface area (TPSA) is 102 Å². The molecule has 0 heterocycles. The van der Waals surface area contributed by atoms with Gasteiger partial charge in [0.2, 0.25) is 0 Å². The minimum Gasteiger partial charge on any atom is -0.480 e. The van der Waals surface area contributed by atoms with E-state index >= 15 is 0 Å². The third-order valence-corrected chi connectivity index (χ3v) is 2.78. The van der Waals surface area contributed by atoms with Crippen LogP contribution in [0.25, 0.3) is 0 Å². The van der Waals surface area contributed by atoms with Gasteiger partial charge in [-0.3, -0.25) is 0 Å². The predicted molar refractivity (Wildman–Crippen MR) is 82.3 cm³/mol. The second kappa shape index (κ2) is 7.62. The highest BCUT2D eigenvalue weighted by Gasteiger charge is 2.24. The molecule has 0 aromatic heterocycles.